The van der Waals surface area contributed by atoms with Gasteiger partial charge in [-0.3, -0.25) is 4.98 Å². The van der Waals surface area contributed by atoms with Gasteiger partial charge in [0, 0.05) is 152 Å². The van der Waals surface area contributed by atoms with Gasteiger partial charge in [-0.05, 0) is 154 Å². The van der Waals surface area contributed by atoms with Crippen LogP contribution in [-0.2, 0) is 80.4 Å². The molecule has 12 nitrogen and oxygen atoms in total. The van der Waals surface area contributed by atoms with E-state index in [0.29, 0.717) is 17.2 Å². The number of hydrogen-bond donors (Lipinski definition) is 0. The fraction of sp³-hybridized carbons (Fsp3) is 0.0442. The quantitative estimate of drug-likeness (QED) is 0.107. The van der Waals surface area contributed by atoms with Crippen LogP contribution >= 0.6 is 0 Å². The molecule has 0 saturated heterocycles. The normalized spacial score (nSPS) is 10.2. The van der Waals surface area contributed by atoms with Crippen LogP contribution in [0.2, 0.25) is 0 Å². The molecule has 0 saturated carbocycles. The van der Waals surface area contributed by atoms with E-state index in [-0.39, 0.29) is 86.2 Å². The van der Waals surface area contributed by atoms with Gasteiger partial charge in [-0.2, -0.15) is 0 Å². The van der Waals surface area contributed by atoms with Crippen molar-refractivity contribution in [2.75, 3.05) is 0 Å². The van der Waals surface area contributed by atoms with Gasteiger partial charge in [-0.1, -0.05) is 152 Å². The van der Waals surface area contributed by atoms with E-state index in [1.807, 2.05) is 361 Å². The molecule has 0 aliphatic rings. The molecule has 10 aromatic heterocycles. The molecule has 0 fully saturated rings. The zero-order chi connectivity index (χ0) is 88.6. The van der Waals surface area contributed by atoms with Crippen molar-refractivity contribution in [3.63, 3.8) is 0 Å². The van der Waals surface area contributed by atoms with Crippen LogP contribution in [0.15, 0.2) is 432 Å². The molecule has 0 bridgehead atoms. The van der Waals surface area contributed by atoms with E-state index >= 15 is 0 Å². The third-order valence-electron chi connectivity index (χ3n) is 18.6. The Balaban J connectivity index is 0.000000170. The average Bonchev–Trinajstić information content (AvgIpc) is 0.803. The van der Waals surface area contributed by atoms with Gasteiger partial charge in [-0.25, -0.2) is 15.0 Å². The predicted octanol–water partition coefficient (Wildman–Crippen LogP) is 26.2. The van der Waals surface area contributed by atoms with Gasteiger partial charge in [-0.15, -0.1) is 287 Å². The Hall–Kier alpha value is -13.8. The van der Waals surface area contributed by atoms with Crippen LogP contribution in [0.25, 0.3) is 135 Å². The molecule has 0 N–H and O–H groups in total. The summed E-state index contributed by atoms with van der Waals surface area (Å²) < 4.78 is 22.4. The van der Waals surface area contributed by atoms with E-state index in [9.17, 15) is 0 Å². The van der Waals surface area contributed by atoms with Crippen LogP contribution in [0.5, 0.6) is 0 Å². The summed E-state index contributed by atoms with van der Waals surface area (Å²) in [6, 6.07) is 146. The molecule has 0 atom stereocenters. The van der Waals surface area contributed by atoms with Gasteiger partial charge in [0.2, 0.25) is 0 Å². The summed E-state index contributed by atoms with van der Waals surface area (Å²) in [6.07, 6.45) is 18.3. The summed E-state index contributed by atoms with van der Waals surface area (Å²) in [5, 5.41) is 0. The second kappa shape index (κ2) is 54.2. The molecule has 129 heavy (non-hydrogen) atoms. The molecule has 0 spiro atoms. The second-order valence-electron chi connectivity index (χ2n) is 27.8. The van der Waals surface area contributed by atoms with Crippen LogP contribution in [-0.4, -0.2) is 59.8 Å². The molecule has 10 heterocycles. The Labute approximate surface area is 815 Å². The van der Waals surface area contributed by atoms with Crippen LogP contribution in [0.4, 0.5) is 0 Å². The SMILES string of the molecule is Cc1ccc(-c2[c-]cccc2)nc1.Cc1ccc(-c2[c-]cccc2)nc1.Cc1ccc(-c2[c-]cccc2)nc1.[2H]C([2H])([2H])c1nc(C)nc(-c2ccnc(-c3[c-]cccc3)c2)n1.[Ir].[Ir].[Ir].[Ir].[c-]1ccccc1-c1ccc(-c2ccccc2)cn1.[c-]1ccccc1-c1ccc(-c2ccccc2)cn1.[c-]1ccccc1-c1ccc(-c2ccncc2)cn1.[c-]1ccccc1-c1ccccn1. The molecular weight excluding hydrogens is 2290 g/mol. The maximum absolute atomic E-state index is 7.47. The van der Waals surface area contributed by atoms with Crippen molar-refractivity contribution in [3.8, 4) is 135 Å². The molecule has 0 unspecified atom stereocenters. The third kappa shape index (κ3) is 31.9. The number of pyridine rings is 9. The molecular formula is C113H86Ir4N12-8. The summed E-state index contributed by atoms with van der Waals surface area (Å²) in [4.78, 5) is 51.2. The molecule has 20 aromatic rings. The van der Waals surface area contributed by atoms with Crippen LogP contribution in [0, 0.1) is 83.1 Å². The minimum atomic E-state index is -2.37. The molecule has 10 aromatic carbocycles. The van der Waals surface area contributed by atoms with Crippen molar-refractivity contribution < 1.29 is 84.5 Å². The predicted molar refractivity (Wildman–Crippen MR) is 505 cm³/mol. The van der Waals surface area contributed by atoms with Crippen molar-refractivity contribution in [1.29, 1.82) is 0 Å². The summed E-state index contributed by atoms with van der Waals surface area (Å²) in [7, 11) is 0. The number of benzene rings is 10. The Morgan fingerprint density at radius 3 is 0.752 bits per heavy atom. The average molecular weight is 2380 g/mol. The number of hydrogen-bond acceptors (Lipinski definition) is 12. The van der Waals surface area contributed by atoms with E-state index in [2.05, 4.69) is 169 Å². The Bertz CT molecular complexity index is 5910. The number of rotatable bonds is 12. The first kappa shape index (κ1) is 94.3. The fourth-order valence-electron chi connectivity index (χ4n) is 12.1. The molecule has 20 rings (SSSR count). The monoisotopic (exact) mass is 2390 g/mol. The van der Waals surface area contributed by atoms with Crippen LogP contribution < -0.4 is 0 Å². The van der Waals surface area contributed by atoms with Gasteiger partial charge in [0.1, 0.15) is 11.6 Å². The topological polar surface area (TPSA) is 155 Å². The van der Waals surface area contributed by atoms with Crippen molar-refractivity contribution in [2.24, 2.45) is 0 Å². The van der Waals surface area contributed by atoms with Crippen molar-refractivity contribution in [2.45, 2.75) is 34.5 Å². The molecule has 0 aliphatic carbocycles. The minimum absolute atomic E-state index is 0. The minimum Gasteiger partial charge on any atom is -0.305 e. The van der Waals surface area contributed by atoms with Crippen LogP contribution in [0.3, 0.4) is 0 Å². The summed E-state index contributed by atoms with van der Waals surface area (Å²) in [5.41, 5.74) is 26.6. The zero-order valence-electron chi connectivity index (χ0n) is 73.7. The molecule has 0 amide bonds. The van der Waals surface area contributed by atoms with Crippen molar-refractivity contribution in [3.05, 3.63) is 509 Å². The second-order valence-corrected chi connectivity index (χ2v) is 27.8. The Kier molecular flexibility index (Phi) is 39.6. The first-order valence-electron chi connectivity index (χ1n) is 41.8. The first-order valence-corrected chi connectivity index (χ1v) is 40.3. The Morgan fingerprint density at radius 1 is 0.202 bits per heavy atom. The van der Waals surface area contributed by atoms with E-state index < -0.39 is 6.85 Å². The number of aromatic nitrogens is 12. The fourth-order valence-corrected chi connectivity index (χ4v) is 12.1. The van der Waals surface area contributed by atoms with E-state index in [1.165, 1.54) is 27.8 Å². The van der Waals surface area contributed by atoms with Crippen LogP contribution in [0.1, 0.15) is 32.5 Å². The van der Waals surface area contributed by atoms with Gasteiger partial charge in [0.05, 0.1) is 0 Å². The molecule has 4 radical (unpaired) electrons. The van der Waals surface area contributed by atoms with Gasteiger partial charge >= 0.3 is 0 Å². The van der Waals surface area contributed by atoms with E-state index in [1.54, 1.807) is 37.8 Å². The molecule has 0 aliphatic heterocycles. The maximum Gasteiger partial charge on any atom is 0.162 e. The van der Waals surface area contributed by atoms with Gasteiger partial charge in [0.25, 0.3) is 0 Å². The van der Waals surface area contributed by atoms with Crippen molar-refractivity contribution >= 4 is 0 Å². The number of nitrogens with zero attached hydrogens (tertiary/aromatic N) is 12. The maximum atomic E-state index is 7.47. The van der Waals surface area contributed by atoms with E-state index in [4.69, 9.17) is 4.11 Å². The standard InChI is InChI=1S/2C17H12N.C16H13N4.C16H11N2.3C12H10N.C11H8N.4Ir/c2*1-3-7-14(8-4-1)16-11-12-17(18-13-16)15-9-5-2-6-10-15;1-11-18-12(2)20-16(19-11)14-8-9-17-15(10-14)13-6-4-3-5-7-13;1-2-4-14(5-3-1)16-7-6-15(12-18-16)13-8-10-17-11-9-13;3*1-10-7-8-12(13-9-10)11-5-3-2-4-6-11;1-2-6-10(7-3-1)11-8-4-5-9-12-11;;;;/h2*1-9,11-13H;3-6,8-10H,1-2H3;1-4,6-12H;3*2-5,7-9H,1H3;1-6,8-9H;;;;/q8*-1;;;;/i;;1D3;;;;;;;;;. The zero-order valence-corrected chi connectivity index (χ0v) is 80.3. The smallest absolute Gasteiger partial charge is 0.162 e. The Morgan fingerprint density at radius 2 is 0.473 bits per heavy atom. The first-order chi connectivity index (χ1) is 62.8. The third-order valence-corrected chi connectivity index (χ3v) is 18.6. The van der Waals surface area contributed by atoms with E-state index in [0.717, 1.165) is 112 Å². The summed E-state index contributed by atoms with van der Waals surface area (Å²) in [6.45, 7) is 5.38. The summed E-state index contributed by atoms with van der Waals surface area (Å²) in [5.74, 6) is 0.485. The largest absolute Gasteiger partial charge is 0.305 e. The van der Waals surface area contributed by atoms with Gasteiger partial charge < -0.3 is 39.9 Å². The summed E-state index contributed by atoms with van der Waals surface area (Å²) >= 11 is 0. The van der Waals surface area contributed by atoms with Gasteiger partial charge in [0.15, 0.2) is 5.82 Å². The number of aryl methyl sites for hydroxylation is 5. The molecule has 16 heteroatoms. The van der Waals surface area contributed by atoms with Crippen molar-refractivity contribution in [1.82, 2.24) is 59.8 Å². The molecule has 642 valence electrons.